The molecule has 1 aromatic heterocycles. The molecule has 2 aromatic carbocycles. The molecule has 8 nitrogen and oxygen atoms in total. The van der Waals surface area contributed by atoms with Gasteiger partial charge in [0.1, 0.15) is 0 Å². The second-order valence-electron chi connectivity index (χ2n) is 6.12. The Morgan fingerprint density at radius 2 is 1.96 bits per heavy atom. The van der Waals surface area contributed by atoms with E-state index in [1.54, 1.807) is 37.3 Å². The second kappa shape index (κ2) is 8.26. The molecule has 0 saturated carbocycles. The summed E-state index contributed by atoms with van der Waals surface area (Å²) in [6.45, 7) is 1.75. The van der Waals surface area contributed by atoms with Crippen molar-refractivity contribution in [3.05, 3.63) is 80.3 Å². The number of H-pyrrole nitrogens is 1. The molecular weight excluding hydrogens is 360 g/mol. The molecule has 1 amide bonds. The highest BCUT2D eigenvalue weighted by Gasteiger charge is 2.08. The lowest BCUT2D eigenvalue weighted by Crippen LogP contribution is -2.13. The Morgan fingerprint density at radius 1 is 1.21 bits per heavy atom. The average Bonchev–Trinajstić information content (AvgIpc) is 2.70. The number of nitrogens with zero attached hydrogens (tertiary/aromatic N) is 2. The van der Waals surface area contributed by atoms with Crippen LogP contribution in [0.5, 0.6) is 0 Å². The first-order chi connectivity index (χ1) is 13.5. The molecule has 142 valence electrons. The number of nitro benzene ring substituents is 1. The van der Waals surface area contributed by atoms with Crippen LogP contribution in [0.3, 0.4) is 0 Å². The topological polar surface area (TPSA) is 118 Å². The van der Waals surface area contributed by atoms with E-state index in [0.29, 0.717) is 35.0 Å². The molecule has 3 aromatic rings. The zero-order chi connectivity index (χ0) is 20.1. The lowest BCUT2D eigenvalue weighted by molar-refractivity contribution is -0.384. The van der Waals surface area contributed by atoms with E-state index in [0.717, 1.165) is 5.56 Å². The molecule has 0 aliphatic carbocycles. The molecule has 0 fully saturated rings. The first kappa shape index (κ1) is 19.0. The number of anilines is 1. The third-order valence-corrected chi connectivity index (χ3v) is 4.20. The average molecular weight is 378 g/mol. The first-order valence-electron chi connectivity index (χ1n) is 8.70. The van der Waals surface area contributed by atoms with Crippen LogP contribution in [-0.2, 0) is 11.2 Å². The molecule has 0 radical (unpaired) electrons. The van der Waals surface area contributed by atoms with E-state index >= 15 is 0 Å². The fourth-order valence-corrected chi connectivity index (χ4v) is 2.72. The fourth-order valence-electron chi connectivity index (χ4n) is 2.72. The number of fused-ring (bicyclic) bond motifs is 1. The third kappa shape index (κ3) is 4.29. The summed E-state index contributed by atoms with van der Waals surface area (Å²) in [6, 6.07) is 11.3. The van der Waals surface area contributed by atoms with Gasteiger partial charge in [-0.3, -0.25) is 19.7 Å². The van der Waals surface area contributed by atoms with Crippen molar-refractivity contribution in [2.24, 2.45) is 0 Å². The number of allylic oxidation sites excluding steroid dienone is 1. The van der Waals surface area contributed by atoms with Crippen molar-refractivity contribution in [1.82, 2.24) is 10.2 Å². The summed E-state index contributed by atoms with van der Waals surface area (Å²) in [5.41, 5.74) is 1.77. The monoisotopic (exact) mass is 378 g/mol. The molecule has 0 bridgehead atoms. The molecule has 3 rings (SSSR count). The maximum atomic E-state index is 12.1. The van der Waals surface area contributed by atoms with E-state index in [1.165, 1.54) is 12.1 Å². The predicted octanol–water partition coefficient (Wildman–Crippen LogP) is 3.44. The number of non-ortho nitro benzene ring substituents is 1. The Labute approximate surface area is 160 Å². The largest absolute Gasteiger partial charge is 0.326 e. The minimum atomic E-state index is -0.443. The number of aromatic amines is 1. The van der Waals surface area contributed by atoms with Crippen LogP contribution >= 0.6 is 0 Å². The van der Waals surface area contributed by atoms with Crippen LogP contribution < -0.4 is 10.9 Å². The molecule has 0 atom stereocenters. The zero-order valence-electron chi connectivity index (χ0n) is 15.1. The van der Waals surface area contributed by atoms with Crippen molar-refractivity contribution in [3.63, 3.8) is 0 Å². The number of benzene rings is 2. The SMILES string of the molecule is CCC(=O)Nc1ccc2c(C/C=C/c3ccc([N+](=O)[O-])cc3)n[nH]c(=O)c2c1. The van der Waals surface area contributed by atoms with Crippen molar-refractivity contribution in [1.29, 1.82) is 0 Å². The summed E-state index contributed by atoms with van der Waals surface area (Å²) in [7, 11) is 0. The second-order valence-corrected chi connectivity index (χ2v) is 6.12. The maximum Gasteiger partial charge on any atom is 0.272 e. The number of nitrogens with one attached hydrogen (secondary N) is 2. The van der Waals surface area contributed by atoms with Gasteiger partial charge in [0.25, 0.3) is 11.2 Å². The van der Waals surface area contributed by atoms with Gasteiger partial charge in [0.2, 0.25) is 5.91 Å². The highest BCUT2D eigenvalue weighted by Crippen LogP contribution is 2.19. The molecular formula is C20H18N4O4. The first-order valence-corrected chi connectivity index (χ1v) is 8.70. The van der Waals surface area contributed by atoms with Crippen LogP contribution in [0, 0.1) is 10.1 Å². The van der Waals surface area contributed by atoms with Gasteiger partial charge in [-0.1, -0.05) is 25.1 Å². The minimum absolute atomic E-state index is 0.0383. The Balaban J connectivity index is 1.83. The Bertz CT molecular complexity index is 1120. The molecule has 0 aliphatic heterocycles. The van der Waals surface area contributed by atoms with E-state index in [9.17, 15) is 19.7 Å². The van der Waals surface area contributed by atoms with Gasteiger partial charge in [0.05, 0.1) is 16.0 Å². The van der Waals surface area contributed by atoms with Crippen molar-refractivity contribution >= 4 is 34.1 Å². The van der Waals surface area contributed by atoms with E-state index in [1.807, 2.05) is 12.2 Å². The number of rotatable bonds is 6. The molecule has 0 unspecified atom stereocenters. The molecule has 0 spiro atoms. The fraction of sp³-hybridized carbons (Fsp3) is 0.150. The number of hydrogen-bond acceptors (Lipinski definition) is 5. The molecule has 2 N–H and O–H groups in total. The van der Waals surface area contributed by atoms with Crippen molar-refractivity contribution in [3.8, 4) is 0 Å². The van der Waals surface area contributed by atoms with Crippen molar-refractivity contribution in [2.75, 3.05) is 5.32 Å². The van der Waals surface area contributed by atoms with Crippen molar-refractivity contribution < 1.29 is 9.72 Å². The van der Waals surface area contributed by atoms with Gasteiger partial charge >= 0.3 is 0 Å². The maximum absolute atomic E-state index is 12.1. The highest BCUT2D eigenvalue weighted by molar-refractivity contribution is 5.94. The minimum Gasteiger partial charge on any atom is -0.326 e. The Kier molecular flexibility index (Phi) is 5.59. The van der Waals surface area contributed by atoms with Crippen molar-refractivity contribution in [2.45, 2.75) is 19.8 Å². The van der Waals surface area contributed by atoms with Crippen LogP contribution in [0.1, 0.15) is 24.6 Å². The summed E-state index contributed by atoms with van der Waals surface area (Å²) in [5, 5.41) is 21.2. The standard InChI is InChI=1S/C20H18N4O4/c1-2-19(25)21-14-8-11-16-17(12-14)20(26)23-22-18(16)5-3-4-13-6-9-15(10-7-13)24(27)28/h3-4,6-12H,2,5H2,1H3,(H,21,25)(H,23,26)/b4-3+. The van der Waals surface area contributed by atoms with E-state index in [2.05, 4.69) is 15.5 Å². The number of nitro groups is 1. The molecule has 1 heterocycles. The quantitative estimate of drug-likeness (QED) is 0.503. The Hall–Kier alpha value is -3.81. The van der Waals surface area contributed by atoms with Crippen LogP contribution in [0.2, 0.25) is 0 Å². The molecule has 0 saturated heterocycles. The van der Waals surface area contributed by atoms with Crippen LogP contribution in [0.15, 0.2) is 53.3 Å². The van der Waals surface area contributed by atoms with E-state index in [4.69, 9.17) is 0 Å². The lowest BCUT2D eigenvalue weighted by Gasteiger charge is -2.07. The molecule has 0 aliphatic rings. The molecule has 8 heteroatoms. The number of carbonyl (C=O) groups is 1. The highest BCUT2D eigenvalue weighted by atomic mass is 16.6. The van der Waals surface area contributed by atoms with Gasteiger partial charge in [-0.15, -0.1) is 0 Å². The summed E-state index contributed by atoms with van der Waals surface area (Å²) in [4.78, 5) is 33.9. The smallest absolute Gasteiger partial charge is 0.272 e. The third-order valence-electron chi connectivity index (χ3n) is 4.20. The van der Waals surface area contributed by atoms with Gasteiger partial charge in [0, 0.05) is 36.0 Å². The zero-order valence-corrected chi connectivity index (χ0v) is 15.1. The number of carbonyl (C=O) groups excluding carboxylic acids is 1. The van der Waals surface area contributed by atoms with Gasteiger partial charge < -0.3 is 5.32 Å². The van der Waals surface area contributed by atoms with Crippen LogP contribution in [0.4, 0.5) is 11.4 Å². The normalized spacial score (nSPS) is 11.0. The van der Waals surface area contributed by atoms with Crippen LogP contribution in [-0.4, -0.2) is 21.0 Å². The number of aromatic nitrogens is 2. The van der Waals surface area contributed by atoms with E-state index in [-0.39, 0.29) is 17.2 Å². The Morgan fingerprint density at radius 3 is 2.64 bits per heavy atom. The lowest BCUT2D eigenvalue weighted by atomic mass is 10.1. The van der Waals surface area contributed by atoms with Gasteiger partial charge in [0.15, 0.2) is 0 Å². The summed E-state index contributed by atoms with van der Waals surface area (Å²) < 4.78 is 0. The van der Waals surface area contributed by atoms with E-state index < -0.39 is 4.92 Å². The molecule has 28 heavy (non-hydrogen) atoms. The number of hydrogen-bond donors (Lipinski definition) is 2. The van der Waals surface area contributed by atoms with Gasteiger partial charge in [-0.25, -0.2) is 5.10 Å². The predicted molar refractivity (Wildman–Crippen MR) is 107 cm³/mol. The number of amides is 1. The van der Waals surface area contributed by atoms with Crippen LogP contribution in [0.25, 0.3) is 16.8 Å². The van der Waals surface area contributed by atoms with Gasteiger partial charge in [-0.2, -0.15) is 5.10 Å². The van der Waals surface area contributed by atoms with Gasteiger partial charge in [-0.05, 0) is 29.8 Å². The summed E-state index contributed by atoms with van der Waals surface area (Å²) in [5.74, 6) is -0.129. The summed E-state index contributed by atoms with van der Waals surface area (Å²) >= 11 is 0. The summed E-state index contributed by atoms with van der Waals surface area (Å²) in [6.07, 6.45) is 4.51.